The van der Waals surface area contributed by atoms with Gasteiger partial charge in [-0.3, -0.25) is 10.1 Å². The van der Waals surface area contributed by atoms with Crippen molar-refractivity contribution < 1.29 is 9.34 Å². The molecule has 1 aromatic carbocycles. The zero-order valence-corrected chi connectivity index (χ0v) is 11.2. The number of thioether (sulfide) groups is 1. The van der Waals surface area contributed by atoms with Crippen LogP contribution in [-0.4, -0.2) is 20.9 Å². The Kier molecular flexibility index (Phi) is 4.51. The van der Waals surface area contributed by atoms with Crippen molar-refractivity contribution >= 4 is 17.4 Å². The van der Waals surface area contributed by atoms with Crippen molar-refractivity contribution in [3.05, 3.63) is 34.4 Å². The third-order valence-corrected chi connectivity index (χ3v) is 3.36. The molecular formula is C12H13N3O3S. The molecule has 0 fully saturated rings. The van der Waals surface area contributed by atoms with Gasteiger partial charge < -0.3 is 4.42 Å². The van der Waals surface area contributed by atoms with Crippen LogP contribution >= 0.6 is 11.8 Å². The zero-order chi connectivity index (χ0) is 13.7. The van der Waals surface area contributed by atoms with Crippen molar-refractivity contribution in [2.45, 2.75) is 25.0 Å². The van der Waals surface area contributed by atoms with E-state index in [1.807, 2.05) is 0 Å². The highest BCUT2D eigenvalue weighted by atomic mass is 32.2. The van der Waals surface area contributed by atoms with E-state index in [-0.39, 0.29) is 5.69 Å². The van der Waals surface area contributed by atoms with Gasteiger partial charge in [-0.2, -0.15) is 0 Å². The maximum absolute atomic E-state index is 10.6. The lowest BCUT2D eigenvalue weighted by molar-refractivity contribution is -0.384. The standard InChI is InChI=1S/C12H13N3O3S/c1-2-3-8-19-12-14-13-11(18-12)9-4-6-10(7-5-9)15(16)17/h4-7H,2-3,8H2,1H3. The lowest BCUT2D eigenvalue weighted by Crippen LogP contribution is -1.87. The van der Waals surface area contributed by atoms with Gasteiger partial charge in [0, 0.05) is 23.4 Å². The Labute approximate surface area is 114 Å². The molecule has 19 heavy (non-hydrogen) atoms. The van der Waals surface area contributed by atoms with Crippen LogP contribution in [0.25, 0.3) is 11.5 Å². The van der Waals surface area contributed by atoms with Crippen LogP contribution in [0.3, 0.4) is 0 Å². The van der Waals surface area contributed by atoms with E-state index in [2.05, 4.69) is 17.1 Å². The molecule has 0 aliphatic heterocycles. The highest BCUT2D eigenvalue weighted by Crippen LogP contribution is 2.25. The minimum Gasteiger partial charge on any atom is -0.411 e. The Morgan fingerprint density at radius 2 is 2.05 bits per heavy atom. The van der Waals surface area contributed by atoms with E-state index in [0.29, 0.717) is 16.7 Å². The SMILES string of the molecule is CCCCSc1nnc(-c2ccc([N+](=O)[O-])cc2)o1. The molecule has 0 amide bonds. The summed E-state index contributed by atoms with van der Waals surface area (Å²) in [5.41, 5.74) is 0.723. The van der Waals surface area contributed by atoms with Gasteiger partial charge in [-0.15, -0.1) is 10.2 Å². The normalized spacial score (nSPS) is 10.6. The number of nitro groups is 1. The van der Waals surface area contributed by atoms with E-state index in [9.17, 15) is 10.1 Å². The Hall–Kier alpha value is -1.89. The fourth-order valence-corrected chi connectivity index (χ4v) is 2.26. The average molecular weight is 279 g/mol. The molecule has 0 unspecified atom stereocenters. The van der Waals surface area contributed by atoms with Gasteiger partial charge in [0.15, 0.2) is 0 Å². The van der Waals surface area contributed by atoms with Crippen molar-refractivity contribution in [2.75, 3.05) is 5.75 Å². The van der Waals surface area contributed by atoms with Gasteiger partial charge in [-0.25, -0.2) is 0 Å². The van der Waals surface area contributed by atoms with E-state index in [4.69, 9.17) is 4.42 Å². The number of aromatic nitrogens is 2. The molecule has 1 aromatic heterocycles. The maximum Gasteiger partial charge on any atom is 0.276 e. The summed E-state index contributed by atoms with van der Waals surface area (Å²) >= 11 is 1.52. The maximum atomic E-state index is 10.6. The minimum atomic E-state index is -0.441. The summed E-state index contributed by atoms with van der Waals surface area (Å²) in [5.74, 6) is 1.33. The van der Waals surface area contributed by atoms with Gasteiger partial charge in [-0.1, -0.05) is 25.1 Å². The van der Waals surface area contributed by atoms with Crippen LogP contribution in [0, 0.1) is 10.1 Å². The first-order valence-corrected chi connectivity index (χ1v) is 6.90. The quantitative estimate of drug-likeness (QED) is 0.348. The number of unbranched alkanes of at least 4 members (excludes halogenated alkanes) is 1. The molecule has 1 heterocycles. The first-order valence-electron chi connectivity index (χ1n) is 5.92. The highest BCUT2D eigenvalue weighted by Gasteiger charge is 2.11. The number of benzene rings is 1. The van der Waals surface area contributed by atoms with Gasteiger partial charge in [0.05, 0.1) is 4.92 Å². The third-order valence-electron chi connectivity index (χ3n) is 2.45. The molecule has 0 bridgehead atoms. The molecule has 0 N–H and O–H groups in total. The van der Waals surface area contributed by atoms with Gasteiger partial charge >= 0.3 is 0 Å². The Morgan fingerprint density at radius 1 is 1.32 bits per heavy atom. The summed E-state index contributed by atoms with van der Waals surface area (Å²) in [6.45, 7) is 2.12. The number of nitrogens with zero attached hydrogens (tertiary/aromatic N) is 3. The van der Waals surface area contributed by atoms with E-state index >= 15 is 0 Å². The fourth-order valence-electron chi connectivity index (χ4n) is 1.41. The second-order valence-corrected chi connectivity index (χ2v) is 4.93. The van der Waals surface area contributed by atoms with E-state index in [1.165, 1.54) is 23.9 Å². The van der Waals surface area contributed by atoms with Crippen molar-refractivity contribution in [1.82, 2.24) is 10.2 Å². The molecule has 0 radical (unpaired) electrons. The summed E-state index contributed by atoms with van der Waals surface area (Å²) in [4.78, 5) is 10.1. The lowest BCUT2D eigenvalue weighted by Gasteiger charge is -1.95. The van der Waals surface area contributed by atoms with Crippen LogP contribution in [-0.2, 0) is 0 Å². The molecule has 0 atom stereocenters. The first-order chi connectivity index (χ1) is 9.20. The van der Waals surface area contributed by atoms with Crippen molar-refractivity contribution in [3.63, 3.8) is 0 Å². The third kappa shape index (κ3) is 3.54. The van der Waals surface area contributed by atoms with Gasteiger partial charge in [0.2, 0.25) is 5.89 Å². The predicted octanol–water partition coefficient (Wildman–Crippen LogP) is 3.54. The van der Waals surface area contributed by atoms with E-state index in [1.54, 1.807) is 12.1 Å². The Balaban J connectivity index is 2.07. The largest absolute Gasteiger partial charge is 0.411 e. The number of non-ortho nitro benzene ring substituents is 1. The van der Waals surface area contributed by atoms with Crippen LogP contribution in [0.2, 0.25) is 0 Å². The topological polar surface area (TPSA) is 82.1 Å². The first kappa shape index (κ1) is 13.5. The summed E-state index contributed by atoms with van der Waals surface area (Å²) in [5, 5.41) is 18.9. The van der Waals surface area contributed by atoms with Crippen LogP contribution < -0.4 is 0 Å². The molecule has 7 heteroatoms. The smallest absolute Gasteiger partial charge is 0.276 e. The predicted molar refractivity (Wildman–Crippen MR) is 72.0 cm³/mol. The average Bonchev–Trinajstić information content (AvgIpc) is 2.88. The number of hydrogen-bond donors (Lipinski definition) is 0. The Bertz CT molecular complexity index is 554. The van der Waals surface area contributed by atoms with Crippen LogP contribution in [0.5, 0.6) is 0 Å². The molecule has 0 saturated heterocycles. The highest BCUT2D eigenvalue weighted by molar-refractivity contribution is 7.99. The van der Waals surface area contributed by atoms with Crippen LogP contribution in [0.4, 0.5) is 5.69 Å². The van der Waals surface area contributed by atoms with Gasteiger partial charge in [0.1, 0.15) is 0 Å². The van der Waals surface area contributed by atoms with Crippen LogP contribution in [0.1, 0.15) is 19.8 Å². The second-order valence-electron chi connectivity index (χ2n) is 3.88. The van der Waals surface area contributed by atoms with Crippen molar-refractivity contribution in [2.24, 2.45) is 0 Å². The molecular weight excluding hydrogens is 266 g/mol. The molecule has 6 nitrogen and oxygen atoms in total. The zero-order valence-electron chi connectivity index (χ0n) is 10.4. The summed E-state index contributed by atoms with van der Waals surface area (Å²) in [6.07, 6.45) is 2.22. The molecule has 0 aliphatic rings. The van der Waals surface area contributed by atoms with E-state index < -0.39 is 4.92 Å². The number of rotatable bonds is 6. The summed E-state index contributed by atoms with van der Waals surface area (Å²) < 4.78 is 5.49. The monoisotopic (exact) mass is 279 g/mol. The summed E-state index contributed by atoms with van der Waals surface area (Å²) in [7, 11) is 0. The molecule has 0 spiro atoms. The molecule has 2 rings (SSSR count). The Morgan fingerprint density at radius 3 is 2.68 bits per heavy atom. The van der Waals surface area contributed by atoms with Crippen molar-refractivity contribution in [1.29, 1.82) is 0 Å². The molecule has 0 saturated carbocycles. The lowest BCUT2D eigenvalue weighted by atomic mass is 10.2. The summed E-state index contributed by atoms with van der Waals surface area (Å²) in [6, 6.07) is 6.05. The van der Waals surface area contributed by atoms with Gasteiger partial charge in [0.25, 0.3) is 10.9 Å². The molecule has 0 aliphatic carbocycles. The second kappa shape index (κ2) is 6.33. The number of nitro benzene ring substituents is 1. The van der Waals surface area contributed by atoms with Gasteiger partial charge in [-0.05, 0) is 18.6 Å². The fraction of sp³-hybridized carbons (Fsp3) is 0.333. The van der Waals surface area contributed by atoms with Crippen molar-refractivity contribution in [3.8, 4) is 11.5 Å². The van der Waals surface area contributed by atoms with Crippen LogP contribution in [0.15, 0.2) is 33.9 Å². The molecule has 100 valence electrons. The molecule has 2 aromatic rings. The number of hydrogen-bond acceptors (Lipinski definition) is 6. The van der Waals surface area contributed by atoms with E-state index in [0.717, 1.165) is 18.6 Å². The minimum absolute atomic E-state index is 0.0424.